The Balaban J connectivity index is 2.21. The number of benzene rings is 1. The van der Waals surface area contributed by atoms with Crippen molar-refractivity contribution in [3.63, 3.8) is 0 Å². The SMILES string of the molecule is CC1OCCC1Sc1cc(NN)cc([N+](=O)[O-])c1. The van der Waals surface area contributed by atoms with Crippen LogP contribution in [0.1, 0.15) is 13.3 Å². The van der Waals surface area contributed by atoms with Crippen molar-refractivity contribution in [2.24, 2.45) is 5.84 Å². The lowest BCUT2D eigenvalue weighted by molar-refractivity contribution is -0.385. The maximum atomic E-state index is 10.8. The number of nitrogen functional groups attached to an aromatic ring is 1. The van der Waals surface area contributed by atoms with Gasteiger partial charge in [-0.25, -0.2) is 0 Å². The van der Waals surface area contributed by atoms with Crippen LogP contribution in [0.4, 0.5) is 11.4 Å². The highest BCUT2D eigenvalue weighted by Gasteiger charge is 2.25. The normalized spacial score (nSPS) is 23.0. The molecule has 18 heavy (non-hydrogen) atoms. The molecule has 7 heteroatoms. The van der Waals surface area contributed by atoms with Gasteiger partial charge in [-0.15, -0.1) is 11.8 Å². The Morgan fingerprint density at radius 3 is 2.89 bits per heavy atom. The minimum absolute atomic E-state index is 0.0412. The first kappa shape index (κ1) is 13.1. The van der Waals surface area contributed by atoms with Crippen molar-refractivity contribution in [1.29, 1.82) is 0 Å². The van der Waals surface area contributed by atoms with Crippen LogP contribution in [0.2, 0.25) is 0 Å². The number of nitro groups is 1. The van der Waals surface area contributed by atoms with Crippen LogP contribution in [0.15, 0.2) is 23.1 Å². The monoisotopic (exact) mass is 269 g/mol. The zero-order chi connectivity index (χ0) is 13.1. The first-order valence-electron chi connectivity index (χ1n) is 5.64. The number of nitrogens with zero attached hydrogens (tertiary/aromatic N) is 1. The van der Waals surface area contributed by atoms with Crippen LogP contribution in [0.5, 0.6) is 0 Å². The highest BCUT2D eigenvalue weighted by Crippen LogP contribution is 2.35. The predicted octanol–water partition coefficient (Wildman–Crippen LogP) is 2.15. The average Bonchev–Trinajstić information content (AvgIpc) is 2.74. The quantitative estimate of drug-likeness (QED) is 0.494. The summed E-state index contributed by atoms with van der Waals surface area (Å²) in [6.45, 7) is 2.76. The molecule has 1 aliphatic rings. The van der Waals surface area contributed by atoms with Gasteiger partial charge in [-0.2, -0.15) is 0 Å². The van der Waals surface area contributed by atoms with E-state index in [1.165, 1.54) is 6.07 Å². The highest BCUT2D eigenvalue weighted by molar-refractivity contribution is 8.00. The van der Waals surface area contributed by atoms with E-state index in [0.29, 0.717) is 10.9 Å². The molecule has 1 aromatic rings. The van der Waals surface area contributed by atoms with E-state index >= 15 is 0 Å². The third-order valence-corrected chi connectivity index (χ3v) is 4.29. The van der Waals surface area contributed by atoms with Gasteiger partial charge < -0.3 is 10.2 Å². The summed E-state index contributed by atoms with van der Waals surface area (Å²) in [4.78, 5) is 11.2. The molecule has 0 amide bonds. The molecular formula is C11H15N3O3S. The fourth-order valence-corrected chi connectivity index (χ4v) is 3.10. The maximum absolute atomic E-state index is 10.8. The molecule has 0 bridgehead atoms. The van der Waals surface area contributed by atoms with Gasteiger partial charge in [0.2, 0.25) is 0 Å². The van der Waals surface area contributed by atoms with Crippen molar-refractivity contribution in [2.75, 3.05) is 12.0 Å². The predicted molar refractivity (Wildman–Crippen MR) is 70.6 cm³/mol. The minimum atomic E-state index is -0.417. The van der Waals surface area contributed by atoms with Crippen LogP contribution in [-0.4, -0.2) is 22.9 Å². The molecule has 1 fully saturated rings. The maximum Gasteiger partial charge on any atom is 0.272 e. The van der Waals surface area contributed by atoms with Gasteiger partial charge in [-0.3, -0.25) is 16.0 Å². The number of rotatable bonds is 4. The molecular weight excluding hydrogens is 254 g/mol. The fraction of sp³-hybridized carbons (Fsp3) is 0.455. The van der Waals surface area contributed by atoms with E-state index in [9.17, 15) is 10.1 Å². The Bertz CT molecular complexity index is 455. The number of non-ortho nitro benzene ring substituents is 1. The summed E-state index contributed by atoms with van der Waals surface area (Å²) in [5.41, 5.74) is 3.03. The first-order chi connectivity index (χ1) is 8.60. The number of nitrogens with two attached hydrogens (primary N) is 1. The van der Waals surface area contributed by atoms with Crippen LogP contribution in [0.3, 0.4) is 0 Å². The third-order valence-electron chi connectivity index (χ3n) is 2.86. The summed E-state index contributed by atoms with van der Waals surface area (Å²) in [6, 6.07) is 4.79. The first-order valence-corrected chi connectivity index (χ1v) is 6.52. The van der Waals surface area contributed by atoms with Gasteiger partial charge in [0.25, 0.3) is 5.69 Å². The van der Waals surface area contributed by atoms with E-state index < -0.39 is 4.92 Å². The molecule has 2 rings (SSSR count). The molecule has 0 aromatic heterocycles. The number of ether oxygens (including phenoxy) is 1. The number of anilines is 1. The van der Waals surface area contributed by atoms with Crippen molar-refractivity contribution < 1.29 is 9.66 Å². The smallest absolute Gasteiger partial charge is 0.272 e. The van der Waals surface area contributed by atoms with Gasteiger partial charge in [0.1, 0.15) is 0 Å². The number of nitrogens with one attached hydrogen (secondary N) is 1. The van der Waals surface area contributed by atoms with Gasteiger partial charge in [0.05, 0.1) is 16.7 Å². The Labute approximate surface area is 109 Å². The summed E-state index contributed by atoms with van der Waals surface area (Å²) in [5, 5.41) is 11.2. The lowest BCUT2D eigenvalue weighted by Gasteiger charge is -2.14. The van der Waals surface area contributed by atoms with Gasteiger partial charge in [0, 0.05) is 28.9 Å². The van der Waals surface area contributed by atoms with Gasteiger partial charge >= 0.3 is 0 Å². The van der Waals surface area contributed by atoms with E-state index in [2.05, 4.69) is 5.43 Å². The van der Waals surface area contributed by atoms with Crippen LogP contribution in [-0.2, 0) is 4.74 Å². The van der Waals surface area contributed by atoms with Crippen molar-refractivity contribution in [1.82, 2.24) is 0 Å². The third kappa shape index (κ3) is 2.92. The van der Waals surface area contributed by atoms with Crippen LogP contribution in [0.25, 0.3) is 0 Å². The molecule has 0 aliphatic carbocycles. The van der Waals surface area contributed by atoms with E-state index in [1.807, 2.05) is 13.0 Å². The van der Waals surface area contributed by atoms with Crippen LogP contribution >= 0.6 is 11.8 Å². The number of hydrazine groups is 1. The summed E-state index contributed by atoms with van der Waals surface area (Å²) < 4.78 is 5.48. The number of nitro benzene ring substituents is 1. The lowest BCUT2D eigenvalue weighted by Crippen LogP contribution is -2.13. The molecule has 98 valence electrons. The molecule has 1 saturated heterocycles. The zero-order valence-electron chi connectivity index (χ0n) is 9.96. The summed E-state index contributed by atoms with van der Waals surface area (Å²) in [5.74, 6) is 5.32. The molecule has 2 atom stereocenters. The van der Waals surface area contributed by atoms with E-state index in [4.69, 9.17) is 10.6 Å². The lowest BCUT2D eigenvalue weighted by atomic mass is 10.2. The molecule has 0 spiro atoms. The van der Waals surface area contributed by atoms with Crippen LogP contribution < -0.4 is 11.3 Å². The topological polar surface area (TPSA) is 90.4 Å². The molecule has 1 heterocycles. The molecule has 1 aliphatic heterocycles. The molecule has 1 aromatic carbocycles. The molecule has 6 nitrogen and oxygen atoms in total. The second kappa shape index (κ2) is 5.55. The Morgan fingerprint density at radius 2 is 2.33 bits per heavy atom. The molecule has 0 radical (unpaired) electrons. The second-order valence-electron chi connectivity index (χ2n) is 4.14. The van der Waals surface area contributed by atoms with Crippen molar-refractivity contribution >= 4 is 23.1 Å². The molecule has 3 N–H and O–H groups in total. The fourth-order valence-electron chi connectivity index (χ4n) is 1.88. The largest absolute Gasteiger partial charge is 0.377 e. The van der Waals surface area contributed by atoms with Crippen molar-refractivity contribution in [3.8, 4) is 0 Å². The van der Waals surface area contributed by atoms with Gasteiger partial charge in [0.15, 0.2) is 0 Å². The Hall–Kier alpha value is -1.31. The van der Waals surface area contributed by atoms with E-state index in [0.717, 1.165) is 17.9 Å². The highest BCUT2D eigenvalue weighted by atomic mass is 32.2. The summed E-state index contributed by atoms with van der Waals surface area (Å²) in [6.07, 6.45) is 1.13. The summed E-state index contributed by atoms with van der Waals surface area (Å²) >= 11 is 1.60. The zero-order valence-corrected chi connectivity index (χ0v) is 10.8. The van der Waals surface area contributed by atoms with E-state index in [-0.39, 0.29) is 11.8 Å². The summed E-state index contributed by atoms with van der Waals surface area (Å²) in [7, 11) is 0. The Morgan fingerprint density at radius 1 is 1.56 bits per heavy atom. The number of hydrogen-bond acceptors (Lipinski definition) is 6. The molecule has 2 unspecified atom stereocenters. The standard InChI is InChI=1S/C11H15N3O3S/c1-7-11(2-3-17-7)18-10-5-8(13-12)4-9(6-10)14(15)16/h4-7,11,13H,2-3,12H2,1H3. The van der Waals surface area contributed by atoms with Crippen LogP contribution in [0, 0.1) is 10.1 Å². The van der Waals surface area contributed by atoms with Crippen molar-refractivity contribution in [2.45, 2.75) is 29.6 Å². The number of thioether (sulfide) groups is 1. The van der Waals surface area contributed by atoms with Gasteiger partial charge in [-0.05, 0) is 19.4 Å². The average molecular weight is 269 g/mol. The van der Waals surface area contributed by atoms with Crippen molar-refractivity contribution in [3.05, 3.63) is 28.3 Å². The minimum Gasteiger partial charge on any atom is -0.377 e. The molecule has 0 saturated carbocycles. The number of hydrogen-bond donors (Lipinski definition) is 2. The van der Waals surface area contributed by atoms with Gasteiger partial charge in [-0.1, -0.05) is 0 Å². The second-order valence-corrected chi connectivity index (χ2v) is 5.45. The Kier molecular flexibility index (Phi) is 4.05. The van der Waals surface area contributed by atoms with E-state index in [1.54, 1.807) is 17.8 Å².